The highest BCUT2D eigenvalue weighted by Crippen LogP contribution is 2.43. The molecular weight excluding hydrogens is 765 g/mol. The Morgan fingerprint density at radius 3 is 1.76 bits per heavy atom. The van der Waals surface area contributed by atoms with E-state index in [0.717, 1.165) is 51.4 Å². The lowest BCUT2D eigenvalue weighted by atomic mass is 10.1. The summed E-state index contributed by atoms with van der Waals surface area (Å²) in [6.07, 6.45) is 45.5. The Morgan fingerprint density at radius 2 is 1.17 bits per heavy atom. The summed E-state index contributed by atoms with van der Waals surface area (Å²) < 4.78 is 34.2. The Morgan fingerprint density at radius 1 is 0.627 bits per heavy atom. The average molecular weight is 851 g/mol. The Labute approximate surface area is 360 Å². The van der Waals surface area contributed by atoms with E-state index in [1.807, 2.05) is 33.3 Å². The van der Waals surface area contributed by atoms with Crippen molar-refractivity contribution >= 4 is 19.8 Å². The van der Waals surface area contributed by atoms with Crippen LogP contribution in [0.15, 0.2) is 72.9 Å². The van der Waals surface area contributed by atoms with Gasteiger partial charge in [-0.15, -0.1) is 0 Å². The van der Waals surface area contributed by atoms with Crippen LogP contribution in [-0.4, -0.2) is 86.1 Å². The van der Waals surface area contributed by atoms with Gasteiger partial charge in [0.05, 0.1) is 33.9 Å². The molecule has 2 N–H and O–H groups in total. The molecule has 0 aliphatic heterocycles. The summed E-state index contributed by atoms with van der Waals surface area (Å²) in [4.78, 5) is 35.4. The summed E-state index contributed by atoms with van der Waals surface area (Å²) in [5, 5.41) is 10.3. The second-order valence-corrected chi connectivity index (χ2v) is 17.7. The van der Waals surface area contributed by atoms with Gasteiger partial charge in [0.25, 0.3) is 0 Å². The van der Waals surface area contributed by atoms with Gasteiger partial charge in [-0.05, 0) is 70.6 Å². The zero-order valence-corrected chi connectivity index (χ0v) is 38.7. The number of esters is 2. The van der Waals surface area contributed by atoms with Gasteiger partial charge in [-0.25, -0.2) is 4.57 Å². The van der Waals surface area contributed by atoms with Crippen molar-refractivity contribution in [3.8, 4) is 0 Å². The van der Waals surface area contributed by atoms with Crippen molar-refractivity contribution in [1.29, 1.82) is 0 Å². The van der Waals surface area contributed by atoms with Gasteiger partial charge in [0.15, 0.2) is 6.10 Å². The van der Waals surface area contributed by atoms with Crippen LogP contribution < -0.4 is 0 Å². The molecule has 11 heteroatoms. The highest BCUT2D eigenvalue weighted by molar-refractivity contribution is 7.47. The van der Waals surface area contributed by atoms with Gasteiger partial charge in [0.1, 0.15) is 19.8 Å². The number of nitrogens with zero attached hydrogens (tertiary/aromatic N) is 1. The second-order valence-electron chi connectivity index (χ2n) is 16.2. The number of carbonyl (C=O) groups is 2. The summed E-state index contributed by atoms with van der Waals surface area (Å²) in [5.41, 5.74) is 0. The topological polar surface area (TPSA) is 129 Å². The van der Waals surface area contributed by atoms with Crippen molar-refractivity contribution in [2.45, 2.75) is 174 Å². The molecule has 3 atom stereocenters. The number of aliphatic hydroxyl groups excluding tert-OH is 1. The fraction of sp³-hybridized carbons (Fsp3) is 0.708. The first-order chi connectivity index (χ1) is 28.4. The first-order valence-corrected chi connectivity index (χ1v) is 24.3. The summed E-state index contributed by atoms with van der Waals surface area (Å²) >= 11 is 0. The number of phosphoric acid groups is 1. The molecule has 0 aliphatic carbocycles. The maximum atomic E-state index is 12.7. The third-order valence-electron chi connectivity index (χ3n) is 9.32. The maximum absolute atomic E-state index is 12.7. The molecule has 0 aliphatic rings. The number of carbonyl (C=O) groups excluding carboxylic acids is 2. The van der Waals surface area contributed by atoms with E-state index < -0.39 is 38.6 Å². The summed E-state index contributed by atoms with van der Waals surface area (Å²) in [7, 11) is 1.36. The van der Waals surface area contributed by atoms with Crippen LogP contribution in [0, 0.1) is 0 Å². The van der Waals surface area contributed by atoms with E-state index in [2.05, 4.69) is 62.5 Å². The van der Waals surface area contributed by atoms with Gasteiger partial charge >= 0.3 is 19.8 Å². The van der Waals surface area contributed by atoms with E-state index in [1.54, 1.807) is 12.2 Å². The fourth-order valence-corrected chi connectivity index (χ4v) is 6.48. The number of ether oxygens (including phenoxy) is 2. The number of hydrogen-bond acceptors (Lipinski definition) is 8. The van der Waals surface area contributed by atoms with Crippen LogP contribution >= 0.6 is 7.82 Å². The zero-order valence-electron chi connectivity index (χ0n) is 37.8. The van der Waals surface area contributed by atoms with Crippen LogP contribution in [0.2, 0.25) is 0 Å². The SMILES string of the molecule is CC/C=C\C/C=C\C/C=C\C/C=C\C=C\C(O)CCCC(=O)OC[C@H](COP(=O)(O)OCC[N+](C)(C)C)OC(=O)CCCCCCCCC/C=C\CCCCCCCC. The van der Waals surface area contributed by atoms with Gasteiger partial charge in [-0.3, -0.25) is 18.6 Å². The highest BCUT2D eigenvalue weighted by Gasteiger charge is 2.27. The lowest BCUT2D eigenvalue weighted by Gasteiger charge is -2.24. The third kappa shape index (κ3) is 43.3. The minimum atomic E-state index is -4.43. The third-order valence-corrected chi connectivity index (χ3v) is 10.3. The van der Waals surface area contributed by atoms with Crippen molar-refractivity contribution in [2.75, 3.05) is 47.5 Å². The number of aliphatic hydroxyl groups is 1. The Hall–Kier alpha value is -2.59. The van der Waals surface area contributed by atoms with Gasteiger partial charge in [0.2, 0.25) is 0 Å². The largest absolute Gasteiger partial charge is 0.472 e. The van der Waals surface area contributed by atoms with Gasteiger partial charge < -0.3 is 24.0 Å². The lowest BCUT2D eigenvalue weighted by Crippen LogP contribution is -2.37. The summed E-state index contributed by atoms with van der Waals surface area (Å²) in [5.74, 6) is -1.01. The van der Waals surface area contributed by atoms with E-state index in [4.69, 9.17) is 18.5 Å². The van der Waals surface area contributed by atoms with Crippen LogP contribution in [0.1, 0.15) is 162 Å². The molecule has 0 amide bonds. The van der Waals surface area contributed by atoms with E-state index in [-0.39, 0.29) is 26.1 Å². The predicted molar refractivity (Wildman–Crippen MR) is 244 cm³/mol. The molecule has 59 heavy (non-hydrogen) atoms. The summed E-state index contributed by atoms with van der Waals surface area (Å²) in [6, 6.07) is 0. The molecule has 0 aromatic heterocycles. The number of quaternary nitrogens is 1. The molecule has 2 unspecified atom stereocenters. The smallest absolute Gasteiger partial charge is 0.462 e. The number of likely N-dealkylation sites (N-methyl/N-ethyl adjacent to an activating group) is 1. The second kappa shape index (κ2) is 39.5. The van der Waals surface area contributed by atoms with E-state index in [9.17, 15) is 24.2 Å². The van der Waals surface area contributed by atoms with E-state index in [1.165, 1.54) is 64.2 Å². The van der Waals surface area contributed by atoms with Crippen molar-refractivity contribution in [3.05, 3.63) is 72.9 Å². The Kier molecular flexibility index (Phi) is 37.8. The molecule has 0 aromatic rings. The minimum Gasteiger partial charge on any atom is -0.462 e. The van der Waals surface area contributed by atoms with Crippen LogP contribution in [0.3, 0.4) is 0 Å². The van der Waals surface area contributed by atoms with Crippen molar-refractivity contribution < 1.29 is 47.2 Å². The molecule has 0 saturated carbocycles. The number of phosphoric ester groups is 1. The van der Waals surface area contributed by atoms with Gasteiger partial charge in [0, 0.05) is 12.8 Å². The zero-order chi connectivity index (χ0) is 43.7. The monoisotopic (exact) mass is 851 g/mol. The first kappa shape index (κ1) is 56.4. The molecule has 0 aromatic carbocycles. The maximum Gasteiger partial charge on any atom is 0.472 e. The van der Waals surface area contributed by atoms with Crippen LogP contribution in [0.25, 0.3) is 0 Å². The van der Waals surface area contributed by atoms with Gasteiger partial charge in [-0.1, -0.05) is 151 Å². The molecule has 0 spiro atoms. The molecule has 0 bridgehead atoms. The lowest BCUT2D eigenvalue weighted by molar-refractivity contribution is -0.870. The predicted octanol–water partition coefficient (Wildman–Crippen LogP) is 12.0. The number of unbranched alkanes of at least 4 members (excludes halogenated alkanes) is 13. The number of rotatable bonds is 40. The Balaban J connectivity index is 4.54. The van der Waals surface area contributed by atoms with E-state index >= 15 is 0 Å². The molecule has 0 rings (SSSR count). The van der Waals surface area contributed by atoms with Crippen LogP contribution in [-0.2, 0) is 32.7 Å². The molecule has 0 radical (unpaired) electrons. The highest BCUT2D eigenvalue weighted by atomic mass is 31.2. The van der Waals surface area contributed by atoms with Gasteiger partial charge in [-0.2, -0.15) is 0 Å². The molecule has 0 heterocycles. The quantitative estimate of drug-likeness (QED) is 0.0155. The van der Waals surface area contributed by atoms with Crippen LogP contribution in [0.5, 0.6) is 0 Å². The normalized spacial score (nSPS) is 14.8. The standard InChI is InChI=1S/C48H84NO9P/c1-6-8-10-12-14-16-18-20-21-22-23-25-27-29-31-33-35-39-48(52)58-46(44-57-59(53,54)56-42-41-49(3,4)5)43-55-47(51)40-36-38-45(50)37-34-32-30-28-26-24-19-17-15-13-11-9-7-2/h9,11,15,17,20-21,24,26,30,32,34,37,45-46,50H,6-8,10,12-14,16,18-19,22-23,25,27-29,31,33,35-36,38-44H2,1-5H3/p+1/b11-9-,17-15-,21-20-,26-24-,32-30-,37-34+/t45?,46-/m1/s1. The minimum absolute atomic E-state index is 0.00242. The molecular formula is C48H85NO9P+. The van der Waals surface area contributed by atoms with Crippen molar-refractivity contribution in [3.63, 3.8) is 0 Å². The fourth-order valence-electron chi connectivity index (χ4n) is 5.74. The number of hydrogen-bond donors (Lipinski definition) is 2. The number of allylic oxidation sites excluding steroid dienone is 11. The Bertz CT molecular complexity index is 1250. The first-order valence-electron chi connectivity index (χ1n) is 22.8. The molecule has 0 saturated heterocycles. The van der Waals surface area contributed by atoms with Crippen molar-refractivity contribution in [1.82, 2.24) is 0 Å². The molecule has 0 fully saturated rings. The van der Waals surface area contributed by atoms with Crippen molar-refractivity contribution in [2.24, 2.45) is 0 Å². The summed E-state index contributed by atoms with van der Waals surface area (Å²) in [6.45, 7) is 4.06. The molecule has 10 nitrogen and oxygen atoms in total. The average Bonchev–Trinajstić information content (AvgIpc) is 3.18. The van der Waals surface area contributed by atoms with Crippen LogP contribution in [0.4, 0.5) is 0 Å². The molecule has 340 valence electrons. The van der Waals surface area contributed by atoms with E-state index in [0.29, 0.717) is 30.3 Å².